The summed E-state index contributed by atoms with van der Waals surface area (Å²) < 4.78 is 33.0. The van der Waals surface area contributed by atoms with Crippen LogP contribution in [0.4, 0.5) is 0 Å². The molecule has 2 saturated heterocycles. The molecule has 0 aliphatic carbocycles. The van der Waals surface area contributed by atoms with Gasteiger partial charge in [0.05, 0.1) is 19.1 Å². The Labute approximate surface area is 144 Å². The molecule has 0 amide bonds. The predicted molar refractivity (Wildman–Crippen MR) is 92.0 cm³/mol. The van der Waals surface area contributed by atoms with E-state index in [0.717, 1.165) is 32.6 Å². The number of aryl methyl sites for hydroxylation is 1. The van der Waals surface area contributed by atoms with Crippen LogP contribution in [0.5, 0.6) is 0 Å². The van der Waals surface area contributed by atoms with E-state index >= 15 is 0 Å². The van der Waals surface area contributed by atoms with E-state index in [4.69, 9.17) is 4.74 Å². The molecular formula is C16H28N4O3S. The Morgan fingerprint density at radius 1 is 1.42 bits per heavy atom. The van der Waals surface area contributed by atoms with Crippen molar-refractivity contribution in [2.24, 2.45) is 11.3 Å². The van der Waals surface area contributed by atoms with E-state index < -0.39 is 10.0 Å². The predicted octanol–water partition coefficient (Wildman–Crippen LogP) is 0.633. The Morgan fingerprint density at radius 3 is 2.83 bits per heavy atom. The largest absolute Gasteiger partial charge is 0.384 e. The molecule has 0 unspecified atom stereocenters. The number of hydrogen-bond donors (Lipinski definition) is 0. The van der Waals surface area contributed by atoms with Gasteiger partial charge in [0, 0.05) is 57.0 Å². The van der Waals surface area contributed by atoms with Crippen LogP contribution in [0.25, 0.3) is 0 Å². The number of nitrogens with zero attached hydrogens (tertiary/aromatic N) is 4. The summed E-state index contributed by atoms with van der Waals surface area (Å²) in [6.45, 7) is 7.53. The van der Waals surface area contributed by atoms with Gasteiger partial charge in [0.15, 0.2) is 0 Å². The molecule has 1 aromatic rings. The third-order valence-electron chi connectivity index (χ3n) is 5.50. The quantitative estimate of drug-likeness (QED) is 0.748. The Bertz CT molecular complexity index is 675. The van der Waals surface area contributed by atoms with Crippen molar-refractivity contribution in [1.29, 1.82) is 0 Å². The average molecular weight is 356 g/mol. The number of fused-ring (bicyclic) bond motifs is 1. The van der Waals surface area contributed by atoms with Crippen molar-refractivity contribution in [1.82, 2.24) is 19.0 Å². The average Bonchev–Trinajstić information content (AvgIpc) is 3.11. The molecular weight excluding hydrogens is 328 g/mol. The first kappa shape index (κ1) is 17.8. The fourth-order valence-electron chi connectivity index (χ4n) is 4.14. The summed E-state index contributed by atoms with van der Waals surface area (Å²) in [7, 11) is -1.44. The maximum Gasteiger partial charge on any atom is 0.211 e. The summed E-state index contributed by atoms with van der Waals surface area (Å²) >= 11 is 0. The van der Waals surface area contributed by atoms with Gasteiger partial charge in [0.1, 0.15) is 0 Å². The molecule has 8 heteroatoms. The van der Waals surface area contributed by atoms with Crippen molar-refractivity contribution in [3.8, 4) is 0 Å². The molecule has 1 aromatic heterocycles. The summed E-state index contributed by atoms with van der Waals surface area (Å²) in [5.74, 6) is 0.321. The lowest BCUT2D eigenvalue weighted by molar-refractivity contribution is -0.00109. The third kappa shape index (κ3) is 3.51. The molecule has 0 radical (unpaired) electrons. The van der Waals surface area contributed by atoms with Gasteiger partial charge in [-0.2, -0.15) is 5.10 Å². The molecule has 2 atom stereocenters. The van der Waals surface area contributed by atoms with E-state index in [-0.39, 0.29) is 5.41 Å². The smallest absolute Gasteiger partial charge is 0.211 e. The van der Waals surface area contributed by atoms with E-state index in [0.29, 0.717) is 25.6 Å². The first-order valence-corrected chi connectivity index (χ1v) is 10.4. The zero-order chi connectivity index (χ0) is 17.4. The lowest BCUT2D eigenvalue weighted by Gasteiger charge is -2.43. The second-order valence-electron chi connectivity index (χ2n) is 7.24. The van der Waals surface area contributed by atoms with Crippen molar-refractivity contribution >= 4 is 10.0 Å². The number of rotatable bonds is 6. The number of methoxy groups -OCH3 is 1. The molecule has 7 nitrogen and oxygen atoms in total. The minimum atomic E-state index is -3.15. The number of piperidine rings is 1. The molecule has 136 valence electrons. The highest BCUT2D eigenvalue weighted by atomic mass is 32.2. The van der Waals surface area contributed by atoms with Crippen LogP contribution in [0.2, 0.25) is 0 Å². The number of hydrogen-bond acceptors (Lipinski definition) is 5. The first-order valence-electron chi connectivity index (χ1n) is 8.54. The highest BCUT2D eigenvalue weighted by molar-refractivity contribution is 7.88. The van der Waals surface area contributed by atoms with Crippen molar-refractivity contribution in [2.75, 3.05) is 46.2 Å². The second-order valence-corrected chi connectivity index (χ2v) is 9.22. The molecule has 24 heavy (non-hydrogen) atoms. The molecule has 2 aliphatic heterocycles. The van der Waals surface area contributed by atoms with Crippen LogP contribution in [0.1, 0.15) is 18.9 Å². The lowest BCUT2D eigenvalue weighted by atomic mass is 9.73. The maximum atomic E-state index is 12.0. The summed E-state index contributed by atoms with van der Waals surface area (Å²) in [5.41, 5.74) is 1.18. The molecule has 0 aromatic carbocycles. The van der Waals surface area contributed by atoms with E-state index in [9.17, 15) is 8.42 Å². The van der Waals surface area contributed by atoms with Crippen LogP contribution < -0.4 is 0 Å². The van der Waals surface area contributed by atoms with Gasteiger partial charge >= 0.3 is 0 Å². The Morgan fingerprint density at radius 2 is 2.21 bits per heavy atom. The van der Waals surface area contributed by atoms with Crippen molar-refractivity contribution < 1.29 is 13.2 Å². The zero-order valence-corrected chi connectivity index (χ0v) is 15.6. The molecule has 0 N–H and O–H groups in total. The van der Waals surface area contributed by atoms with Crippen LogP contribution in [-0.4, -0.2) is 73.6 Å². The van der Waals surface area contributed by atoms with Gasteiger partial charge in [-0.3, -0.25) is 9.58 Å². The van der Waals surface area contributed by atoms with E-state index in [1.165, 1.54) is 11.8 Å². The molecule has 3 heterocycles. The lowest BCUT2D eigenvalue weighted by Crippen LogP contribution is -2.48. The number of aromatic nitrogens is 2. The van der Waals surface area contributed by atoms with Crippen molar-refractivity contribution in [3.63, 3.8) is 0 Å². The number of sulfonamides is 1. The van der Waals surface area contributed by atoms with Gasteiger partial charge in [0.2, 0.25) is 10.0 Å². The van der Waals surface area contributed by atoms with Crippen LogP contribution in [-0.2, 0) is 27.8 Å². The van der Waals surface area contributed by atoms with Gasteiger partial charge in [0.25, 0.3) is 0 Å². The molecule has 3 rings (SSSR count). The van der Waals surface area contributed by atoms with Gasteiger partial charge in [-0.15, -0.1) is 0 Å². The van der Waals surface area contributed by atoms with Crippen LogP contribution in [0.15, 0.2) is 12.4 Å². The SMILES string of the molecule is CCn1cc(CN2CC[C@@]3(COC)CN(S(C)(=O)=O)C[C@H]3C2)cn1. The van der Waals surface area contributed by atoms with E-state index in [2.05, 4.69) is 23.1 Å². The maximum absolute atomic E-state index is 12.0. The summed E-state index contributed by atoms with van der Waals surface area (Å²) in [6, 6.07) is 0. The molecule has 0 spiro atoms. The Hall–Kier alpha value is -0.960. The first-order chi connectivity index (χ1) is 11.4. The molecule has 0 saturated carbocycles. The van der Waals surface area contributed by atoms with Crippen molar-refractivity contribution in [2.45, 2.75) is 26.4 Å². The van der Waals surface area contributed by atoms with Crippen molar-refractivity contribution in [3.05, 3.63) is 18.0 Å². The van der Waals surface area contributed by atoms with Gasteiger partial charge in [-0.05, 0) is 25.8 Å². The van der Waals surface area contributed by atoms with Gasteiger partial charge < -0.3 is 4.74 Å². The van der Waals surface area contributed by atoms with E-state index in [1.807, 2.05) is 10.9 Å². The molecule has 2 aliphatic rings. The Balaban J connectivity index is 1.71. The number of likely N-dealkylation sites (tertiary alicyclic amines) is 1. The van der Waals surface area contributed by atoms with Crippen LogP contribution >= 0.6 is 0 Å². The molecule has 2 fully saturated rings. The summed E-state index contributed by atoms with van der Waals surface area (Å²) in [6.07, 6.45) is 6.30. The fraction of sp³-hybridized carbons (Fsp3) is 0.812. The Kier molecular flexibility index (Phi) is 5.01. The second kappa shape index (κ2) is 6.74. The third-order valence-corrected chi connectivity index (χ3v) is 6.72. The van der Waals surface area contributed by atoms with E-state index in [1.54, 1.807) is 11.4 Å². The molecule has 0 bridgehead atoms. The minimum absolute atomic E-state index is 0.0398. The monoisotopic (exact) mass is 356 g/mol. The standard InChI is InChI=1S/C16H28N4O3S/c1-4-19-9-14(7-17-19)8-18-6-5-16(13-23-2)12-20(24(3,21)22)11-15(16)10-18/h7,9,15H,4-6,8,10-13H2,1-3H3/t15-,16+/m1/s1. The number of ether oxygens (including phenoxy) is 1. The normalized spacial score (nSPS) is 29.0. The fourth-order valence-corrected chi connectivity index (χ4v) is 5.08. The highest BCUT2D eigenvalue weighted by Gasteiger charge is 2.51. The summed E-state index contributed by atoms with van der Waals surface area (Å²) in [5, 5.41) is 4.34. The van der Waals surface area contributed by atoms with Gasteiger partial charge in [-0.25, -0.2) is 12.7 Å². The van der Waals surface area contributed by atoms with Crippen LogP contribution in [0.3, 0.4) is 0 Å². The zero-order valence-electron chi connectivity index (χ0n) is 14.8. The summed E-state index contributed by atoms with van der Waals surface area (Å²) in [4.78, 5) is 2.42. The minimum Gasteiger partial charge on any atom is -0.384 e. The highest BCUT2D eigenvalue weighted by Crippen LogP contribution is 2.44. The van der Waals surface area contributed by atoms with Gasteiger partial charge in [-0.1, -0.05) is 0 Å². The topological polar surface area (TPSA) is 67.7 Å². The van der Waals surface area contributed by atoms with Crippen LogP contribution in [0, 0.1) is 11.3 Å².